The summed E-state index contributed by atoms with van der Waals surface area (Å²) < 4.78 is 26.5. The molecule has 1 saturated heterocycles. The summed E-state index contributed by atoms with van der Waals surface area (Å²) in [6, 6.07) is 5.48. The molecule has 0 aromatic heterocycles. The van der Waals surface area contributed by atoms with Gasteiger partial charge in [0.25, 0.3) is 5.92 Å². The van der Waals surface area contributed by atoms with Crippen LogP contribution in [0.25, 0.3) is 0 Å². The highest BCUT2D eigenvalue weighted by Gasteiger charge is 2.35. The predicted octanol–water partition coefficient (Wildman–Crippen LogP) is 3.88. The van der Waals surface area contributed by atoms with Gasteiger partial charge in [0.05, 0.1) is 6.54 Å². The smallest absolute Gasteiger partial charge is 0.265 e. The molecule has 2 rings (SSSR count). The van der Waals surface area contributed by atoms with Gasteiger partial charge < -0.3 is 4.90 Å². The molecule has 0 aliphatic carbocycles. The summed E-state index contributed by atoms with van der Waals surface area (Å²) in [7, 11) is 0. The standard InChI is InChI=1S/C12H14ClF2N/c1-9-3-4-10(7-11(9)13)16-6-2-5-12(14,15)8-16/h3-4,7H,2,5-6,8H2,1H3. The Bertz CT molecular complexity index is 393. The first-order valence-corrected chi connectivity index (χ1v) is 5.75. The molecule has 0 spiro atoms. The molecule has 1 aromatic rings. The second-order valence-electron chi connectivity index (χ2n) is 4.31. The summed E-state index contributed by atoms with van der Waals surface area (Å²) in [6.45, 7) is 2.37. The Hall–Kier alpha value is -0.830. The van der Waals surface area contributed by atoms with Gasteiger partial charge in [0.15, 0.2) is 0 Å². The van der Waals surface area contributed by atoms with Crippen LogP contribution in [0, 0.1) is 6.92 Å². The number of alkyl halides is 2. The van der Waals surface area contributed by atoms with Gasteiger partial charge in [0.1, 0.15) is 0 Å². The fourth-order valence-corrected chi connectivity index (χ4v) is 2.14. The van der Waals surface area contributed by atoms with Crippen molar-refractivity contribution in [2.24, 2.45) is 0 Å². The van der Waals surface area contributed by atoms with E-state index in [-0.39, 0.29) is 13.0 Å². The van der Waals surface area contributed by atoms with Crippen LogP contribution in [0.4, 0.5) is 14.5 Å². The van der Waals surface area contributed by atoms with Crippen molar-refractivity contribution in [1.29, 1.82) is 0 Å². The van der Waals surface area contributed by atoms with Crippen molar-refractivity contribution in [3.05, 3.63) is 28.8 Å². The van der Waals surface area contributed by atoms with Crippen molar-refractivity contribution in [2.45, 2.75) is 25.7 Å². The van der Waals surface area contributed by atoms with Crippen molar-refractivity contribution in [1.82, 2.24) is 0 Å². The van der Waals surface area contributed by atoms with Gasteiger partial charge >= 0.3 is 0 Å². The normalized spacial score (nSPS) is 19.9. The zero-order valence-electron chi connectivity index (χ0n) is 9.14. The first-order valence-electron chi connectivity index (χ1n) is 5.37. The molecule has 88 valence electrons. The molecule has 4 heteroatoms. The minimum atomic E-state index is -2.57. The monoisotopic (exact) mass is 245 g/mol. The van der Waals surface area contributed by atoms with Crippen LogP contribution in [0.1, 0.15) is 18.4 Å². The average Bonchev–Trinajstić information content (AvgIpc) is 2.20. The lowest BCUT2D eigenvalue weighted by Crippen LogP contribution is -2.42. The van der Waals surface area contributed by atoms with Crippen molar-refractivity contribution >= 4 is 17.3 Å². The summed E-state index contributed by atoms with van der Waals surface area (Å²) in [5.74, 6) is -2.57. The maximum absolute atomic E-state index is 13.2. The summed E-state index contributed by atoms with van der Waals surface area (Å²) in [5, 5.41) is 0.631. The van der Waals surface area contributed by atoms with E-state index >= 15 is 0 Å². The lowest BCUT2D eigenvalue weighted by molar-refractivity contribution is -0.0116. The van der Waals surface area contributed by atoms with E-state index in [0.29, 0.717) is 18.0 Å². The Balaban J connectivity index is 2.20. The molecule has 0 saturated carbocycles. The Morgan fingerprint density at radius 2 is 2.12 bits per heavy atom. The van der Waals surface area contributed by atoms with Crippen LogP contribution in [0.2, 0.25) is 5.02 Å². The van der Waals surface area contributed by atoms with E-state index in [9.17, 15) is 8.78 Å². The van der Waals surface area contributed by atoms with Crippen LogP contribution in [-0.2, 0) is 0 Å². The van der Waals surface area contributed by atoms with E-state index in [4.69, 9.17) is 11.6 Å². The predicted molar refractivity (Wildman–Crippen MR) is 62.6 cm³/mol. The molecule has 1 aliphatic rings. The van der Waals surface area contributed by atoms with Gasteiger partial charge in [-0.05, 0) is 31.0 Å². The molecule has 0 amide bonds. The van der Waals surface area contributed by atoms with Crippen LogP contribution in [-0.4, -0.2) is 19.0 Å². The highest BCUT2D eigenvalue weighted by molar-refractivity contribution is 6.31. The first kappa shape index (κ1) is 11.6. The SMILES string of the molecule is Cc1ccc(N2CCCC(F)(F)C2)cc1Cl. The zero-order chi connectivity index (χ0) is 11.8. The van der Waals surface area contributed by atoms with Crippen molar-refractivity contribution in [2.75, 3.05) is 18.0 Å². The van der Waals surface area contributed by atoms with Gasteiger partial charge in [-0.3, -0.25) is 0 Å². The Labute approximate surface area is 99.0 Å². The molecule has 0 bridgehead atoms. The first-order chi connectivity index (χ1) is 7.48. The van der Waals surface area contributed by atoms with Crippen LogP contribution in [0.5, 0.6) is 0 Å². The lowest BCUT2D eigenvalue weighted by Gasteiger charge is -2.34. The number of piperidine rings is 1. The molecular weight excluding hydrogens is 232 g/mol. The maximum atomic E-state index is 13.2. The second kappa shape index (κ2) is 4.21. The number of halogens is 3. The number of nitrogens with zero attached hydrogens (tertiary/aromatic N) is 1. The average molecular weight is 246 g/mol. The lowest BCUT2D eigenvalue weighted by atomic mass is 10.1. The number of anilines is 1. The summed E-state index contributed by atoms with van der Waals surface area (Å²) >= 11 is 5.99. The third-order valence-corrected chi connectivity index (χ3v) is 3.32. The van der Waals surface area contributed by atoms with E-state index in [2.05, 4.69) is 0 Å². The molecule has 1 fully saturated rings. The molecule has 0 unspecified atom stereocenters. The van der Waals surface area contributed by atoms with Gasteiger partial charge in [-0.2, -0.15) is 0 Å². The number of aryl methyl sites for hydroxylation is 1. The molecule has 0 atom stereocenters. The molecule has 1 nitrogen and oxygen atoms in total. The molecule has 0 radical (unpaired) electrons. The summed E-state index contributed by atoms with van der Waals surface area (Å²) in [4.78, 5) is 1.70. The van der Waals surface area contributed by atoms with Gasteiger partial charge in [-0.15, -0.1) is 0 Å². The van der Waals surface area contributed by atoms with Gasteiger partial charge in [-0.25, -0.2) is 8.78 Å². The third-order valence-electron chi connectivity index (χ3n) is 2.91. The highest BCUT2D eigenvalue weighted by atomic mass is 35.5. The molecule has 1 heterocycles. The summed E-state index contributed by atoms with van der Waals surface area (Å²) in [6.07, 6.45) is 0.515. The molecular formula is C12H14ClF2N. The van der Waals surface area contributed by atoms with E-state index in [0.717, 1.165) is 11.3 Å². The molecule has 1 aromatic carbocycles. The number of rotatable bonds is 1. The fraction of sp³-hybridized carbons (Fsp3) is 0.500. The number of benzene rings is 1. The Kier molecular flexibility index (Phi) is 3.06. The minimum Gasteiger partial charge on any atom is -0.365 e. The number of hydrogen-bond acceptors (Lipinski definition) is 1. The highest BCUT2D eigenvalue weighted by Crippen LogP contribution is 2.31. The van der Waals surface area contributed by atoms with Crippen LogP contribution in [0.15, 0.2) is 18.2 Å². The van der Waals surface area contributed by atoms with E-state index in [1.807, 2.05) is 19.1 Å². The quantitative estimate of drug-likeness (QED) is 0.726. The van der Waals surface area contributed by atoms with Gasteiger partial charge in [-0.1, -0.05) is 17.7 Å². The van der Waals surface area contributed by atoms with Gasteiger partial charge in [0, 0.05) is 23.7 Å². The molecule has 1 aliphatic heterocycles. The van der Waals surface area contributed by atoms with E-state index in [1.165, 1.54) is 0 Å². The van der Waals surface area contributed by atoms with Gasteiger partial charge in [0.2, 0.25) is 0 Å². The van der Waals surface area contributed by atoms with Crippen molar-refractivity contribution < 1.29 is 8.78 Å². The molecule has 0 N–H and O–H groups in total. The molecule has 16 heavy (non-hydrogen) atoms. The van der Waals surface area contributed by atoms with E-state index < -0.39 is 5.92 Å². The van der Waals surface area contributed by atoms with Crippen LogP contribution < -0.4 is 4.90 Å². The minimum absolute atomic E-state index is 0.0108. The Morgan fingerprint density at radius 1 is 1.38 bits per heavy atom. The maximum Gasteiger partial charge on any atom is 0.265 e. The van der Waals surface area contributed by atoms with Crippen molar-refractivity contribution in [3.8, 4) is 0 Å². The van der Waals surface area contributed by atoms with E-state index in [1.54, 1.807) is 11.0 Å². The Morgan fingerprint density at radius 3 is 2.75 bits per heavy atom. The largest absolute Gasteiger partial charge is 0.365 e. The zero-order valence-corrected chi connectivity index (χ0v) is 9.90. The summed E-state index contributed by atoms with van der Waals surface area (Å²) in [5.41, 5.74) is 1.75. The third kappa shape index (κ3) is 2.46. The van der Waals surface area contributed by atoms with Crippen molar-refractivity contribution in [3.63, 3.8) is 0 Å². The van der Waals surface area contributed by atoms with Crippen LogP contribution in [0.3, 0.4) is 0 Å². The second-order valence-corrected chi connectivity index (χ2v) is 4.72. The topological polar surface area (TPSA) is 3.24 Å². The van der Waals surface area contributed by atoms with Crippen LogP contribution >= 0.6 is 11.6 Å². The number of hydrogen-bond donors (Lipinski definition) is 0. The fourth-order valence-electron chi connectivity index (χ4n) is 1.96.